The van der Waals surface area contributed by atoms with Gasteiger partial charge in [-0.3, -0.25) is 10.3 Å². The number of aromatic nitrogens is 6. The second-order valence-corrected chi connectivity index (χ2v) is 13.0. The summed E-state index contributed by atoms with van der Waals surface area (Å²) in [6, 6.07) is 13.3. The van der Waals surface area contributed by atoms with Crippen LogP contribution in [0.5, 0.6) is 0 Å². The van der Waals surface area contributed by atoms with Crippen LogP contribution in [0.3, 0.4) is 0 Å². The van der Waals surface area contributed by atoms with Crippen molar-refractivity contribution in [2.75, 3.05) is 6.54 Å². The number of carbonyl (C=O) groups is 2. The van der Waals surface area contributed by atoms with E-state index in [1.54, 1.807) is 52.4 Å². The van der Waals surface area contributed by atoms with Gasteiger partial charge in [-0.1, -0.05) is 40.7 Å². The third-order valence-electron chi connectivity index (χ3n) is 6.75. The highest BCUT2D eigenvalue weighted by Crippen LogP contribution is 2.24. The monoisotopic (exact) mass is 629 g/mol. The van der Waals surface area contributed by atoms with Crippen molar-refractivity contribution in [3.8, 4) is 22.8 Å². The molecule has 1 aromatic carbocycles. The number of nitrogens with one attached hydrogen (secondary N) is 1. The highest BCUT2D eigenvalue weighted by molar-refractivity contribution is 5.99. The summed E-state index contributed by atoms with van der Waals surface area (Å²) < 4.78 is 18.2. The molecule has 3 aromatic heterocycles. The number of hydrogen-bond acceptors (Lipinski definition) is 10. The third-order valence-corrected chi connectivity index (χ3v) is 6.75. The van der Waals surface area contributed by atoms with Crippen LogP contribution in [0.25, 0.3) is 22.8 Å². The van der Waals surface area contributed by atoms with Gasteiger partial charge < -0.3 is 18.9 Å². The zero-order chi connectivity index (χ0) is 32.9. The lowest BCUT2D eigenvalue weighted by Crippen LogP contribution is -2.49. The summed E-state index contributed by atoms with van der Waals surface area (Å²) in [4.78, 5) is 40.2. The fraction of sp³-hybridized carbons (Fsp3) is 0.438. The van der Waals surface area contributed by atoms with Crippen LogP contribution in [0.15, 0.2) is 64.4 Å². The van der Waals surface area contributed by atoms with Crippen LogP contribution in [0.4, 0.5) is 9.59 Å². The van der Waals surface area contributed by atoms with Gasteiger partial charge in [-0.15, -0.1) is 10.1 Å². The molecular formula is C32H39N9O5. The number of benzene rings is 1. The van der Waals surface area contributed by atoms with E-state index in [-0.39, 0.29) is 12.0 Å². The Balaban J connectivity index is 1.25. The molecule has 2 amide bonds. The number of nitrogens with zero attached hydrogens (tertiary/aromatic N) is 8. The van der Waals surface area contributed by atoms with Crippen molar-refractivity contribution in [3.63, 3.8) is 0 Å². The average Bonchev–Trinajstić information content (AvgIpc) is 3.74. The first-order chi connectivity index (χ1) is 21.8. The van der Waals surface area contributed by atoms with Crippen LogP contribution < -0.4 is 5.32 Å². The standard InChI is InChI=1S/C32H39N9O5/c1-31(2,3)44-29(42)35-28(36-30(43)45-32(4,5)6)41-17-9-10-23(41)18-26-34-27(38-46-26)22-14-12-21(13-15-22)19-40-20-25(37-39-40)24-11-7-8-16-33-24/h7-8,11-16,20,23H,9-10,17-19H2,1-6H3,(H,35,36,42,43)/t23-/m0/s1. The predicted molar refractivity (Wildman–Crippen MR) is 169 cm³/mol. The Kier molecular flexibility index (Phi) is 9.44. The molecule has 0 bridgehead atoms. The van der Waals surface area contributed by atoms with E-state index < -0.39 is 23.4 Å². The Bertz CT molecular complexity index is 1670. The molecule has 0 aliphatic carbocycles. The molecule has 1 aliphatic heterocycles. The van der Waals surface area contributed by atoms with Crippen molar-refractivity contribution >= 4 is 18.1 Å². The molecule has 4 heterocycles. The summed E-state index contributed by atoms with van der Waals surface area (Å²) in [5, 5.41) is 15.3. The molecule has 46 heavy (non-hydrogen) atoms. The summed E-state index contributed by atoms with van der Waals surface area (Å²) in [6.45, 7) is 11.6. The van der Waals surface area contributed by atoms with E-state index in [1.807, 2.05) is 53.6 Å². The summed E-state index contributed by atoms with van der Waals surface area (Å²) >= 11 is 0. The van der Waals surface area contributed by atoms with Crippen LogP contribution in [-0.2, 0) is 22.4 Å². The number of hydrogen-bond donors (Lipinski definition) is 1. The minimum Gasteiger partial charge on any atom is -0.444 e. The van der Waals surface area contributed by atoms with Crippen molar-refractivity contribution in [1.82, 2.24) is 40.3 Å². The first-order valence-corrected chi connectivity index (χ1v) is 15.1. The van der Waals surface area contributed by atoms with Gasteiger partial charge in [0.25, 0.3) is 0 Å². The van der Waals surface area contributed by atoms with Crippen LogP contribution in [0.1, 0.15) is 65.8 Å². The van der Waals surface area contributed by atoms with Gasteiger partial charge in [0.1, 0.15) is 16.9 Å². The number of aliphatic imine (C=N–C) groups is 1. The van der Waals surface area contributed by atoms with Gasteiger partial charge in [0.05, 0.1) is 18.4 Å². The summed E-state index contributed by atoms with van der Waals surface area (Å²) in [7, 11) is 0. The topological polar surface area (TPSA) is 163 Å². The van der Waals surface area contributed by atoms with E-state index in [0.717, 1.165) is 29.7 Å². The number of ether oxygens (including phenoxy) is 2. The van der Waals surface area contributed by atoms with Crippen molar-refractivity contribution in [3.05, 3.63) is 66.3 Å². The molecule has 0 unspecified atom stereocenters. The fourth-order valence-electron chi connectivity index (χ4n) is 4.87. The molecule has 1 N–H and O–H groups in total. The number of likely N-dealkylation sites (tertiary alicyclic amines) is 1. The van der Waals surface area contributed by atoms with Crippen LogP contribution in [0.2, 0.25) is 0 Å². The van der Waals surface area contributed by atoms with Crippen LogP contribution in [0, 0.1) is 0 Å². The Morgan fingerprint density at radius 1 is 1.02 bits per heavy atom. The first kappa shape index (κ1) is 32.3. The number of pyridine rings is 1. The molecular weight excluding hydrogens is 590 g/mol. The zero-order valence-electron chi connectivity index (χ0n) is 26.9. The summed E-state index contributed by atoms with van der Waals surface area (Å²) in [5.74, 6) is 0.939. The minimum atomic E-state index is -0.815. The fourth-order valence-corrected chi connectivity index (χ4v) is 4.87. The molecule has 1 atom stereocenters. The van der Waals surface area contributed by atoms with E-state index in [0.29, 0.717) is 36.9 Å². The van der Waals surface area contributed by atoms with Gasteiger partial charge in [-0.2, -0.15) is 4.98 Å². The SMILES string of the molecule is CC(C)(C)OC(=O)N=C(NC(=O)OC(C)(C)C)N1CCC[C@H]1Cc1nc(-c2ccc(Cn3cc(-c4ccccn4)nn3)cc2)no1. The van der Waals surface area contributed by atoms with Crippen molar-refractivity contribution in [1.29, 1.82) is 0 Å². The van der Waals surface area contributed by atoms with Gasteiger partial charge in [0, 0.05) is 30.8 Å². The molecule has 4 aromatic rings. The molecule has 0 radical (unpaired) electrons. The number of alkyl carbamates (subject to hydrolysis) is 1. The second kappa shape index (κ2) is 13.5. The Labute approximate surface area is 267 Å². The highest BCUT2D eigenvalue weighted by atomic mass is 16.6. The molecule has 0 spiro atoms. The largest absolute Gasteiger partial charge is 0.444 e. The maximum atomic E-state index is 12.7. The first-order valence-electron chi connectivity index (χ1n) is 15.1. The lowest BCUT2D eigenvalue weighted by Gasteiger charge is -2.28. The zero-order valence-corrected chi connectivity index (χ0v) is 26.9. The Morgan fingerprint density at radius 2 is 1.78 bits per heavy atom. The van der Waals surface area contributed by atoms with E-state index in [4.69, 9.17) is 14.0 Å². The predicted octanol–water partition coefficient (Wildman–Crippen LogP) is 5.26. The molecule has 1 fully saturated rings. The molecule has 0 saturated carbocycles. The second-order valence-electron chi connectivity index (χ2n) is 13.0. The maximum Gasteiger partial charge on any atom is 0.437 e. The van der Waals surface area contributed by atoms with Crippen molar-refractivity contribution < 1.29 is 23.6 Å². The van der Waals surface area contributed by atoms with Crippen LogP contribution >= 0.6 is 0 Å². The maximum absolute atomic E-state index is 12.7. The average molecular weight is 630 g/mol. The van der Waals surface area contributed by atoms with E-state index in [1.165, 1.54) is 0 Å². The highest BCUT2D eigenvalue weighted by Gasteiger charge is 2.32. The van der Waals surface area contributed by atoms with Gasteiger partial charge in [-0.25, -0.2) is 14.3 Å². The van der Waals surface area contributed by atoms with E-state index >= 15 is 0 Å². The molecule has 14 nitrogen and oxygen atoms in total. The van der Waals surface area contributed by atoms with Crippen LogP contribution in [-0.4, -0.2) is 77.0 Å². The lowest BCUT2D eigenvalue weighted by molar-refractivity contribution is 0.0554. The lowest BCUT2D eigenvalue weighted by atomic mass is 10.1. The van der Waals surface area contributed by atoms with Crippen molar-refractivity contribution in [2.45, 2.75) is 84.6 Å². The smallest absolute Gasteiger partial charge is 0.437 e. The molecule has 14 heteroatoms. The van der Waals surface area contributed by atoms with E-state index in [2.05, 4.69) is 35.7 Å². The molecule has 242 valence electrons. The normalized spacial score (nSPS) is 15.6. The number of guanidine groups is 1. The van der Waals surface area contributed by atoms with Gasteiger partial charge >= 0.3 is 12.2 Å². The molecule has 1 aliphatic rings. The summed E-state index contributed by atoms with van der Waals surface area (Å²) in [6.07, 6.45) is 4.01. The number of rotatable bonds is 6. The molecule has 1 saturated heterocycles. The van der Waals surface area contributed by atoms with Gasteiger partial charge in [-0.05, 0) is 72.1 Å². The molecule has 5 rings (SSSR count). The number of carbonyl (C=O) groups excluding carboxylic acids is 2. The van der Waals surface area contributed by atoms with Crippen molar-refractivity contribution in [2.24, 2.45) is 4.99 Å². The minimum absolute atomic E-state index is 0.0564. The van der Waals surface area contributed by atoms with Gasteiger partial charge in [0.15, 0.2) is 0 Å². The summed E-state index contributed by atoms with van der Waals surface area (Å²) in [5.41, 5.74) is 1.82. The Hall–Kier alpha value is -5.14. The quantitative estimate of drug-likeness (QED) is 0.219. The number of amides is 2. The van der Waals surface area contributed by atoms with Gasteiger partial charge in [0.2, 0.25) is 17.7 Å². The third kappa shape index (κ3) is 8.96. The Morgan fingerprint density at radius 3 is 2.48 bits per heavy atom. The van der Waals surface area contributed by atoms with E-state index in [9.17, 15) is 9.59 Å².